The molecule has 0 aliphatic rings. The molecule has 224 valence electrons. The molecule has 0 aromatic heterocycles. The van der Waals surface area contributed by atoms with Crippen LogP contribution in [0.4, 0.5) is 10.1 Å². The van der Waals surface area contributed by atoms with Crippen LogP contribution in [-0.4, -0.2) is 44.8 Å². The number of nitrogens with zero attached hydrogens (tertiary/aromatic N) is 2. The maximum Gasteiger partial charge on any atom is 0.264 e. The van der Waals surface area contributed by atoms with Crippen molar-refractivity contribution in [2.75, 3.05) is 17.9 Å². The van der Waals surface area contributed by atoms with Crippen molar-refractivity contribution in [3.8, 4) is 0 Å². The summed E-state index contributed by atoms with van der Waals surface area (Å²) < 4.78 is 42.8. The molecule has 0 heterocycles. The molecule has 0 bridgehead atoms. The number of benzene rings is 4. The van der Waals surface area contributed by atoms with Crippen molar-refractivity contribution < 1.29 is 22.4 Å². The largest absolute Gasteiger partial charge is 0.357 e. The Morgan fingerprint density at radius 2 is 1.53 bits per heavy atom. The van der Waals surface area contributed by atoms with Crippen LogP contribution >= 0.6 is 11.6 Å². The summed E-state index contributed by atoms with van der Waals surface area (Å²) in [6, 6.07) is 24.9. The lowest BCUT2D eigenvalue weighted by atomic mass is 10.0. The van der Waals surface area contributed by atoms with Crippen LogP contribution in [0.1, 0.15) is 22.3 Å². The van der Waals surface area contributed by atoms with Gasteiger partial charge in [0, 0.05) is 25.0 Å². The molecule has 0 unspecified atom stereocenters. The molecule has 7 nitrogen and oxygen atoms in total. The molecule has 1 atom stereocenters. The van der Waals surface area contributed by atoms with Gasteiger partial charge in [-0.25, -0.2) is 12.8 Å². The van der Waals surface area contributed by atoms with Crippen LogP contribution in [0.15, 0.2) is 102 Å². The lowest BCUT2D eigenvalue weighted by Crippen LogP contribution is -2.53. The summed E-state index contributed by atoms with van der Waals surface area (Å²) in [7, 11) is -2.77. The van der Waals surface area contributed by atoms with Gasteiger partial charge in [0.05, 0.1) is 10.6 Å². The van der Waals surface area contributed by atoms with Crippen molar-refractivity contribution >= 4 is 39.1 Å². The molecule has 0 aliphatic heterocycles. The lowest BCUT2D eigenvalue weighted by Gasteiger charge is -2.33. The SMILES string of the molecule is CNC(=O)[C@H](Cc1ccccc1)N(Cc1ccc(F)cc1)C(=O)CN(c1ccc(C)c(Cl)c1)S(=O)(=O)c1ccc(C)cc1. The van der Waals surface area contributed by atoms with Crippen molar-refractivity contribution in [3.05, 3.63) is 130 Å². The first-order valence-electron chi connectivity index (χ1n) is 13.6. The highest BCUT2D eigenvalue weighted by Gasteiger charge is 2.34. The number of carbonyl (C=O) groups is 2. The van der Waals surface area contributed by atoms with Gasteiger partial charge in [0.15, 0.2) is 0 Å². The zero-order chi connectivity index (χ0) is 31.1. The Kier molecular flexibility index (Phi) is 10.2. The maximum absolute atomic E-state index is 14.3. The number of halogens is 2. The Balaban J connectivity index is 1.80. The number of likely N-dealkylation sites (N-methyl/N-ethyl adjacent to an activating group) is 1. The molecule has 43 heavy (non-hydrogen) atoms. The number of hydrogen-bond acceptors (Lipinski definition) is 4. The summed E-state index contributed by atoms with van der Waals surface area (Å²) in [5.74, 6) is -1.49. The van der Waals surface area contributed by atoms with Crippen LogP contribution in [-0.2, 0) is 32.6 Å². The van der Waals surface area contributed by atoms with E-state index in [0.717, 1.165) is 21.0 Å². The molecule has 1 N–H and O–H groups in total. The van der Waals surface area contributed by atoms with Crippen LogP contribution < -0.4 is 9.62 Å². The van der Waals surface area contributed by atoms with E-state index in [-0.39, 0.29) is 23.5 Å². The number of nitrogens with one attached hydrogen (secondary N) is 1. The van der Waals surface area contributed by atoms with E-state index in [9.17, 15) is 22.4 Å². The molecule has 0 spiro atoms. The summed E-state index contributed by atoms with van der Waals surface area (Å²) in [6.45, 7) is 2.96. The highest BCUT2D eigenvalue weighted by atomic mass is 35.5. The molecular weight excluding hydrogens is 589 g/mol. The van der Waals surface area contributed by atoms with E-state index < -0.39 is 40.2 Å². The van der Waals surface area contributed by atoms with Crippen LogP contribution in [0.25, 0.3) is 0 Å². The average Bonchev–Trinajstić information content (AvgIpc) is 3.00. The van der Waals surface area contributed by atoms with Crippen molar-refractivity contribution in [1.82, 2.24) is 10.2 Å². The van der Waals surface area contributed by atoms with Crippen LogP contribution in [0, 0.1) is 19.7 Å². The highest BCUT2D eigenvalue weighted by molar-refractivity contribution is 7.92. The number of amides is 2. The number of carbonyl (C=O) groups excluding carboxylic acids is 2. The van der Waals surface area contributed by atoms with Gasteiger partial charge in [0.25, 0.3) is 10.0 Å². The molecule has 0 saturated carbocycles. The highest BCUT2D eigenvalue weighted by Crippen LogP contribution is 2.29. The van der Waals surface area contributed by atoms with Crippen LogP contribution in [0.5, 0.6) is 0 Å². The van der Waals surface area contributed by atoms with E-state index in [4.69, 9.17) is 11.6 Å². The first-order valence-corrected chi connectivity index (χ1v) is 15.5. The summed E-state index contributed by atoms with van der Waals surface area (Å²) in [6.07, 6.45) is 0.175. The normalized spacial score (nSPS) is 11.9. The Bertz CT molecular complexity index is 1680. The van der Waals surface area contributed by atoms with Crippen LogP contribution in [0.3, 0.4) is 0 Å². The van der Waals surface area contributed by atoms with Crippen molar-refractivity contribution in [2.24, 2.45) is 0 Å². The van der Waals surface area contributed by atoms with Gasteiger partial charge in [-0.2, -0.15) is 0 Å². The van der Waals surface area contributed by atoms with Gasteiger partial charge in [0.1, 0.15) is 18.4 Å². The molecule has 0 saturated heterocycles. The number of hydrogen-bond donors (Lipinski definition) is 1. The predicted octanol–water partition coefficient (Wildman–Crippen LogP) is 5.68. The fraction of sp³-hybridized carbons (Fsp3) is 0.212. The summed E-state index contributed by atoms with van der Waals surface area (Å²) >= 11 is 6.39. The van der Waals surface area contributed by atoms with Gasteiger partial charge in [-0.15, -0.1) is 0 Å². The number of sulfonamides is 1. The maximum atomic E-state index is 14.3. The zero-order valence-electron chi connectivity index (χ0n) is 24.1. The minimum Gasteiger partial charge on any atom is -0.357 e. The molecule has 0 fully saturated rings. The first-order chi connectivity index (χ1) is 20.5. The summed E-state index contributed by atoms with van der Waals surface area (Å²) in [5.41, 5.74) is 3.20. The minimum absolute atomic E-state index is 0.000168. The molecule has 0 radical (unpaired) electrons. The number of aryl methyl sites for hydroxylation is 2. The van der Waals surface area contributed by atoms with Gasteiger partial charge < -0.3 is 10.2 Å². The third kappa shape index (κ3) is 7.80. The second-order valence-corrected chi connectivity index (χ2v) is 12.5. The van der Waals surface area contributed by atoms with E-state index in [1.165, 1.54) is 54.4 Å². The van der Waals surface area contributed by atoms with E-state index in [1.807, 2.05) is 37.3 Å². The Morgan fingerprint density at radius 1 is 0.884 bits per heavy atom. The summed E-state index contributed by atoms with van der Waals surface area (Å²) in [4.78, 5) is 28.9. The Morgan fingerprint density at radius 3 is 2.14 bits per heavy atom. The Hall–Kier alpha value is -4.21. The molecule has 4 rings (SSSR count). The fourth-order valence-electron chi connectivity index (χ4n) is 4.61. The second-order valence-electron chi connectivity index (χ2n) is 10.2. The van der Waals surface area contributed by atoms with Crippen molar-refractivity contribution in [1.29, 1.82) is 0 Å². The third-order valence-corrected chi connectivity index (χ3v) is 9.31. The number of rotatable bonds is 11. The lowest BCUT2D eigenvalue weighted by molar-refractivity contribution is -0.139. The smallest absolute Gasteiger partial charge is 0.264 e. The molecule has 0 aliphatic carbocycles. The van der Waals surface area contributed by atoms with Gasteiger partial charge >= 0.3 is 0 Å². The first kappa shape index (κ1) is 31.7. The average molecular weight is 622 g/mol. The zero-order valence-corrected chi connectivity index (χ0v) is 25.7. The van der Waals surface area contributed by atoms with Gasteiger partial charge in [-0.05, 0) is 66.9 Å². The van der Waals surface area contributed by atoms with E-state index >= 15 is 0 Å². The van der Waals surface area contributed by atoms with Gasteiger partial charge in [0.2, 0.25) is 11.8 Å². The second kappa shape index (κ2) is 13.8. The number of anilines is 1. The monoisotopic (exact) mass is 621 g/mol. The van der Waals surface area contributed by atoms with Gasteiger partial charge in [-0.1, -0.05) is 77.8 Å². The van der Waals surface area contributed by atoms with E-state index in [1.54, 1.807) is 31.2 Å². The molecule has 10 heteroatoms. The molecule has 2 amide bonds. The standard InChI is InChI=1S/C33H33ClFN3O4S/c1-23-9-17-29(18-10-23)43(41,42)38(28-16-11-24(2)30(34)20-28)22-32(39)37(21-26-12-14-27(35)15-13-26)31(33(40)36-3)19-25-7-5-4-6-8-25/h4-18,20,31H,19,21-22H2,1-3H3,(H,36,40)/t31-/m0/s1. The third-order valence-electron chi connectivity index (χ3n) is 7.11. The van der Waals surface area contributed by atoms with Crippen molar-refractivity contribution in [3.63, 3.8) is 0 Å². The van der Waals surface area contributed by atoms with E-state index in [2.05, 4.69) is 5.32 Å². The van der Waals surface area contributed by atoms with Crippen molar-refractivity contribution in [2.45, 2.75) is 37.8 Å². The topological polar surface area (TPSA) is 86.8 Å². The molecular formula is C33H33ClFN3O4S. The predicted molar refractivity (Wildman–Crippen MR) is 167 cm³/mol. The van der Waals surface area contributed by atoms with Crippen LogP contribution in [0.2, 0.25) is 5.02 Å². The fourth-order valence-corrected chi connectivity index (χ4v) is 6.19. The molecule has 4 aromatic rings. The quantitative estimate of drug-likeness (QED) is 0.234. The Labute approximate surface area is 257 Å². The minimum atomic E-state index is -4.24. The van der Waals surface area contributed by atoms with E-state index in [0.29, 0.717) is 10.6 Å². The summed E-state index contributed by atoms with van der Waals surface area (Å²) in [5, 5.41) is 2.97. The molecule has 4 aromatic carbocycles. The van der Waals surface area contributed by atoms with Gasteiger partial charge in [-0.3, -0.25) is 13.9 Å².